The highest BCUT2D eigenvalue weighted by Gasteiger charge is 2.47. The SMILES string of the molecule is CC1CN(Cc2cc(C(F)(F)F)c3cn(-c4cccc([C@]5(Cc6nncn6C)C[C@@H](C#N)C5)c4)c(=O)n3c2)CCC1(F)F. The van der Waals surface area contributed by atoms with Crippen LogP contribution in [0.25, 0.3) is 11.2 Å². The molecular weight excluding hydrogens is 569 g/mol. The van der Waals surface area contributed by atoms with Crippen molar-refractivity contribution < 1.29 is 22.0 Å². The molecule has 0 amide bonds. The quantitative estimate of drug-likeness (QED) is 0.287. The summed E-state index contributed by atoms with van der Waals surface area (Å²) < 4.78 is 74.8. The predicted molar refractivity (Wildman–Crippen MR) is 147 cm³/mol. The van der Waals surface area contributed by atoms with Gasteiger partial charge in [-0.2, -0.15) is 18.4 Å². The summed E-state index contributed by atoms with van der Waals surface area (Å²) in [7, 11) is 1.83. The Labute approximate surface area is 244 Å². The maximum atomic E-state index is 14.3. The van der Waals surface area contributed by atoms with Crippen molar-refractivity contribution >= 4 is 5.52 Å². The number of likely N-dealkylation sites (tertiary alicyclic amines) is 1. The van der Waals surface area contributed by atoms with E-state index in [1.165, 1.54) is 23.9 Å². The van der Waals surface area contributed by atoms with Crippen LogP contribution in [-0.4, -0.2) is 47.6 Å². The van der Waals surface area contributed by atoms with Gasteiger partial charge in [0.25, 0.3) is 5.92 Å². The van der Waals surface area contributed by atoms with Crippen LogP contribution in [0.1, 0.15) is 48.7 Å². The summed E-state index contributed by atoms with van der Waals surface area (Å²) >= 11 is 0. The molecule has 0 spiro atoms. The van der Waals surface area contributed by atoms with Crippen LogP contribution in [-0.2, 0) is 31.6 Å². The normalized spacial score (nSPS) is 24.1. The largest absolute Gasteiger partial charge is 0.418 e. The molecule has 6 rings (SSSR count). The fourth-order valence-electron chi connectivity index (χ4n) is 6.52. The lowest BCUT2D eigenvalue weighted by Crippen LogP contribution is -2.45. The molecule has 226 valence electrons. The highest BCUT2D eigenvalue weighted by atomic mass is 19.4. The minimum Gasteiger partial charge on any atom is -0.321 e. The summed E-state index contributed by atoms with van der Waals surface area (Å²) in [4.78, 5) is 15.3. The number of rotatable bonds is 6. The Morgan fingerprint density at radius 2 is 1.93 bits per heavy atom. The van der Waals surface area contributed by atoms with E-state index in [1.54, 1.807) is 29.4 Å². The number of piperidine rings is 1. The molecule has 1 aliphatic heterocycles. The monoisotopic (exact) mass is 599 g/mol. The molecular formula is C30H30F5N7O. The number of benzene rings is 1. The zero-order valence-corrected chi connectivity index (χ0v) is 23.7. The highest BCUT2D eigenvalue weighted by molar-refractivity contribution is 5.58. The molecule has 43 heavy (non-hydrogen) atoms. The molecule has 13 heteroatoms. The molecule has 4 aromatic rings. The Kier molecular flexibility index (Phi) is 6.95. The first-order chi connectivity index (χ1) is 20.3. The number of nitriles is 1. The van der Waals surface area contributed by atoms with Crippen molar-refractivity contribution in [2.45, 2.75) is 56.7 Å². The number of fused-ring (bicyclic) bond motifs is 1. The van der Waals surface area contributed by atoms with Gasteiger partial charge in [-0.25, -0.2) is 13.6 Å². The minimum absolute atomic E-state index is 0.0111. The van der Waals surface area contributed by atoms with Crippen LogP contribution >= 0.6 is 0 Å². The Morgan fingerprint density at radius 1 is 1.16 bits per heavy atom. The van der Waals surface area contributed by atoms with E-state index in [-0.39, 0.29) is 43.1 Å². The van der Waals surface area contributed by atoms with Crippen molar-refractivity contribution in [3.63, 3.8) is 0 Å². The Balaban J connectivity index is 1.38. The van der Waals surface area contributed by atoms with Crippen LogP contribution in [0.15, 0.2) is 53.8 Å². The van der Waals surface area contributed by atoms with Crippen molar-refractivity contribution in [1.82, 2.24) is 28.6 Å². The van der Waals surface area contributed by atoms with E-state index in [1.807, 2.05) is 17.7 Å². The van der Waals surface area contributed by atoms with Gasteiger partial charge in [0.15, 0.2) is 0 Å². The molecule has 4 heterocycles. The smallest absolute Gasteiger partial charge is 0.321 e. The number of aromatic nitrogens is 5. The van der Waals surface area contributed by atoms with Crippen LogP contribution in [0.3, 0.4) is 0 Å². The van der Waals surface area contributed by atoms with Gasteiger partial charge in [-0.15, -0.1) is 10.2 Å². The van der Waals surface area contributed by atoms with E-state index >= 15 is 0 Å². The summed E-state index contributed by atoms with van der Waals surface area (Å²) in [5, 5.41) is 17.6. The molecule has 1 aliphatic carbocycles. The second-order valence-electron chi connectivity index (χ2n) is 12.0. The van der Waals surface area contributed by atoms with Crippen LogP contribution in [0.4, 0.5) is 22.0 Å². The zero-order chi connectivity index (χ0) is 30.7. The molecule has 0 bridgehead atoms. The standard InChI is InChI=1S/C30H30F5N7O/c1-19-14-40(7-6-29(19,31)32)15-20-8-24(30(33,34)35)25-17-41(27(43)42(25)16-20)23-5-3-4-22(9-23)28(10-21(11-28)13-36)12-26-38-37-18-39(26)2/h3-5,8-9,16-19,21H,6-7,10-12,14-15H2,1-2H3/t19?,21-,28-. The van der Waals surface area contributed by atoms with Crippen LogP contribution in [0, 0.1) is 23.2 Å². The molecule has 1 saturated heterocycles. The maximum absolute atomic E-state index is 14.3. The lowest BCUT2D eigenvalue weighted by molar-refractivity contribution is -0.136. The summed E-state index contributed by atoms with van der Waals surface area (Å²) in [6.07, 6.45) is 0.699. The first-order valence-electron chi connectivity index (χ1n) is 14.1. The molecule has 1 unspecified atom stereocenters. The van der Waals surface area contributed by atoms with Gasteiger partial charge < -0.3 is 4.57 Å². The van der Waals surface area contributed by atoms with Crippen molar-refractivity contribution in [1.29, 1.82) is 5.26 Å². The third-order valence-electron chi connectivity index (χ3n) is 9.04. The van der Waals surface area contributed by atoms with Gasteiger partial charge in [0.1, 0.15) is 12.2 Å². The van der Waals surface area contributed by atoms with Crippen LogP contribution < -0.4 is 5.69 Å². The molecule has 1 atom stereocenters. The van der Waals surface area contributed by atoms with Crippen LogP contribution in [0.5, 0.6) is 0 Å². The van der Waals surface area contributed by atoms with Crippen molar-refractivity contribution in [3.8, 4) is 11.8 Å². The van der Waals surface area contributed by atoms with Gasteiger partial charge in [0, 0.05) is 69.2 Å². The summed E-state index contributed by atoms with van der Waals surface area (Å²) in [6, 6.07) is 10.4. The minimum atomic E-state index is -4.75. The van der Waals surface area contributed by atoms with E-state index in [0.717, 1.165) is 21.9 Å². The lowest BCUT2D eigenvalue weighted by atomic mass is 9.57. The Bertz CT molecular complexity index is 1770. The summed E-state index contributed by atoms with van der Waals surface area (Å²) in [5.41, 5.74) is -0.921. The number of aryl methyl sites for hydroxylation is 1. The number of hydrogen-bond donors (Lipinski definition) is 0. The van der Waals surface area contributed by atoms with E-state index in [2.05, 4.69) is 16.3 Å². The number of halogens is 5. The first-order valence-corrected chi connectivity index (χ1v) is 14.1. The third kappa shape index (κ3) is 5.22. The lowest BCUT2D eigenvalue weighted by Gasteiger charge is -2.45. The molecule has 8 nitrogen and oxygen atoms in total. The molecule has 0 radical (unpaired) electrons. The first kappa shape index (κ1) is 29.0. The molecule has 2 fully saturated rings. The molecule has 1 aromatic carbocycles. The molecule has 0 N–H and O–H groups in total. The highest BCUT2D eigenvalue weighted by Crippen LogP contribution is 2.50. The Morgan fingerprint density at radius 3 is 2.58 bits per heavy atom. The second-order valence-corrected chi connectivity index (χ2v) is 12.0. The zero-order valence-electron chi connectivity index (χ0n) is 23.7. The number of pyridine rings is 1. The summed E-state index contributed by atoms with van der Waals surface area (Å²) in [5.74, 6) is -3.15. The van der Waals surface area contributed by atoms with Gasteiger partial charge >= 0.3 is 11.9 Å². The number of alkyl halides is 5. The van der Waals surface area contributed by atoms with Gasteiger partial charge in [-0.05, 0) is 42.2 Å². The molecule has 3 aromatic heterocycles. The van der Waals surface area contributed by atoms with E-state index in [0.29, 0.717) is 24.9 Å². The van der Waals surface area contributed by atoms with Crippen molar-refractivity contribution in [3.05, 3.63) is 82.1 Å². The van der Waals surface area contributed by atoms with E-state index in [9.17, 15) is 32.0 Å². The fourth-order valence-corrected chi connectivity index (χ4v) is 6.52. The number of nitrogens with zero attached hydrogens (tertiary/aromatic N) is 7. The van der Waals surface area contributed by atoms with Gasteiger partial charge in [0.2, 0.25) is 0 Å². The van der Waals surface area contributed by atoms with Gasteiger partial charge in [-0.3, -0.25) is 13.9 Å². The van der Waals surface area contributed by atoms with Gasteiger partial charge in [-0.1, -0.05) is 19.1 Å². The average molecular weight is 600 g/mol. The molecule has 1 saturated carbocycles. The summed E-state index contributed by atoms with van der Waals surface area (Å²) in [6.45, 7) is 1.52. The fraction of sp³-hybridized carbons (Fsp3) is 0.467. The van der Waals surface area contributed by atoms with Gasteiger partial charge in [0.05, 0.1) is 22.8 Å². The average Bonchev–Trinajstić information content (AvgIpc) is 3.49. The van der Waals surface area contributed by atoms with E-state index in [4.69, 9.17) is 0 Å². The van der Waals surface area contributed by atoms with Crippen molar-refractivity contribution in [2.75, 3.05) is 13.1 Å². The number of hydrogen-bond acceptors (Lipinski definition) is 5. The Hall–Kier alpha value is -4.05. The number of imidazole rings is 1. The van der Waals surface area contributed by atoms with Crippen LogP contribution in [0.2, 0.25) is 0 Å². The third-order valence-corrected chi connectivity index (χ3v) is 9.04. The maximum Gasteiger partial charge on any atom is 0.418 e. The van der Waals surface area contributed by atoms with E-state index < -0.39 is 34.7 Å². The van der Waals surface area contributed by atoms with Crippen molar-refractivity contribution in [2.24, 2.45) is 18.9 Å². The predicted octanol–water partition coefficient (Wildman–Crippen LogP) is 5.13. The molecule has 2 aliphatic rings. The topological polar surface area (TPSA) is 84.2 Å². The second kappa shape index (κ2) is 10.3.